The van der Waals surface area contributed by atoms with Gasteiger partial charge in [0.1, 0.15) is 0 Å². The largest absolute Gasteiger partial charge is 0.707 e. The van der Waals surface area contributed by atoms with E-state index in [0.717, 1.165) is 0 Å². The first-order valence-electron chi connectivity index (χ1n) is 3.92. The fourth-order valence-electron chi connectivity index (χ4n) is 1.01. The van der Waals surface area contributed by atoms with Gasteiger partial charge in [-0.1, -0.05) is 6.07 Å². The third kappa shape index (κ3) is 2.15. The van der Waals surface area contributed by atoms with Gasteiger partial charge in [0.05, 0.1) is 7.11 Å². The van der Waals surface area contributed by atoms with Crippen LogP contribution in [0.2, 0.25) is 0 Å². The number of rotatable bonds is 3. The van der Waals surface area contributed by atoms with Crippen molar-refractivity contribution in [3.8, 4) is 11.5 Å². The van der Waals surface area contributed by atoms with Crippen LogP contribution in [-0.2, 0) is 0 Å². The summed E-state index contributed by atoms with van der Waals surface area (Å²) >= 11 is 0. The Kier molecular flexibility index (Phi) is 3.32. The van der Waals surface area contributed by atoms with E-state index in [-0.39, 0.29) is 11.5 Å². The van der Waals surface area contributed by atoms with Crippen LogP contribution in [0.3, 0.4) is 0 Å². The highest BCUT2D eigenvalue weighted by Gasteiger charge is 2.20. The Morgan fingerprint density at radius 2 is 2.00 bits per heavy atom. The number of hydrogen-bond donors (Lipinski definition) is 2. The van der Waals surface area contributed by atoms with E-state index in [0.29, 0.717) is 5.56 Å². The van der Waals surface area contributed by atoms with Crippen LogP contribution >= 0.6 is 0 Å². The van der Waals surface area contributed by atoms with E-state index in [1.54, 1.807) is 0 Å². The number of aryl methyl sites for hydroxylation is 1. The molecule has 0 aliphatic heterocycles. The number of methoxy groups -OCH3 is 1. The topological polar surface area (TPSA) is 58.9 Å². The molecule has 0 fully saturated rings. The minimum Gasteiger partial charge on any atom is -0.507 e. The van der Waals surface area contributed by atoms with Crippen molar-refractivity contribution in [3.05, 3.63) is 23.5 Å². The molecule has 2 N–H and O–H groups in total. The first kappa shape index (κ1) is 10.8. The van der Waals surface area contributed by atoms with Crippen molar-refractivity contribution >= 4 is 7.32 Å². The third-order valence-electron chi connectivity index (χ3n) is 1.70. The number of benzene rings is 1. The fraction of sp³-hybridized carbons (Fsp3) is 0.250. The summed E-state index contributed by atoms with van der Waals surface area (Å²) in [6.45, 7) is 1.53. The van der Waals surface area contributed by atoms with Crippen molar-refractivity contribution in [1.82, 2.24) is 0 Å². The van der Waals surface area contributed by atoms with Crippen LogP contribution in [0.25, 0.3) is 0 Å². The van der Waals surface area contributed by atoms with Gasteiger partial charge in [0.2, 0.25) is 0 Å². The molecule has 0 radical (unpaired) electrons. The van der Waals surface area contributed by atoms with Crippen LogP contribution in [-0.4, -0.2) is 24.5 Å². The molecule has 4 nitrogen and oxygen atoms in total. The highest BCUT2D eigenvalue weighted by atomic mass is 19.1. The number of hydrogen-bond acceptors (Lipinski definition) is 4. The maximum absolute atomic E-state index is 13.4. The average Bonchev–Trinajstić information content (AvgIpc) is 2.13. The third-order valence-corrected chi connectivity index (χ3v) is 1.70. The van der Waals surface area contributed by atoms with Gasteiger partial charge in [-0.2, -0.15) is 0 Å². The number of ether oxygens (including phenoxy) is 1. The molecule has 0 saturated heterocycles. The van der Waals surface area contributed by atoms with Crippen molar-refractivity contribution in [3.63, 3.8) is 0 Å². The molecule has 0 saturated carbocycles. The van der Waals surface area contributed by atoms with Gasteiger partial charge in [-0.15, -0.1) is 0 Å². The van der Waals surface area contributed by atoms with Crippen LogP contribution < -0.4 is 9.39 Å². The summed E-state index contributed by atoms with van der Waals surface area (Å²) in [5.41, 5.74) is 0.335. The Morgan fingerprint density at radius 3 is 2.50 bits per heavy atom. The monoisotopic (exact) mass is 200 g/mol. The minimum absolute atomic E-state index is 0.112. The lowest BCUT2D eigenvalue weighted by molar-refractivity contribution is 0.272. The molecule has 0 unspecified atom stereocenters. The van der Waals surface area contributed by atoms with Crippen LogP contribution in [0.4, 0.5) is 4.39 Å². The van der Waals surface area contributed by atoms with Gasteiger partial charge in [-0.3, -0.25) is 0 Å². The molecule has 1 aromatic rings. The van der Waals surface area contributed by atoms with Crippen LogP contribution in [0.5, 0.6) is 11.5 Å². The predicted molar refractivity (Wildman–Crippen MR) is 48.5 cm³/mol. The molecule has 1 aromatic carbocycles. The van der Waals surface area contributed by atoms with Crippen molar-refractivity contribution in [2.75, 3.05) is 7.11 Å². The highest BCUT2D eigenvalue weighted by Crippen LogP contribution is 2.31. The molecular formula is C8H10BFO4. The maximum Gasteiger partial charge on any atom is 0.707 e. The first-order chi connectivity index (χ1) is 6.56. The Bertz CT molecular complexity index is 329. The zero-order valence-electron chi connectivity index (χ0n) is 7.82. The van der Waals surface area contributed by atoms with Gasteiger partial charge in [0, 0.05) is 0 Å². The molecule has 1 rings (SSSR count). The lowest BCUT2D eigenvalue weighted by atomic mass is 10.2. The van der Waals surface area contributed by atoms with Crippen LogP contribution in [0, 0.1) is 12.7 Å². The van der Waals surface area contributed by atoms with E-state index < -0.39 is 13.1 Å². The molecule has 0 atom stereocenters. The first-order valence-corrected chi connectivity index (χ1v) is 3.92. The summed E-state index contributed by atoms with van der Waals surface area (Å²) in [7, 11) is -0.735. The molecule has 14 heavy (non-hydrogen) atoms. The average molecular weight is 200 g/mol. The lowest BCUT2D eigenvalue weighted by Crippen LogP contribution is -2.21. The van der Waals surface area contributed by atoms with Crippen LogP contribution in [0.1, 0.15) is 5.56 Å². The summed E-state index contributed by atoms with van der Waals surface area (Å²) in [6, 6.07) is 2.99. The molecule has 0 spiro atoms. The number of halogens is 1. The van der Waals surface area contributed by atoms with Gasteiger partial charge in [0.25, 0.3) is 0 Å². The van der Waals surface area contributed by atoms with Crippen LogP contribution in [0.15, 0.2) is 12.1 Å². The molecule has 0 aromatic heterocycles. The molecule has 0 bridgehead atoms. The molecular weight excluding hydrogens is 190 g/mol. The second-order valence-electron chi connectivity index (χ2n) is 2.67. The fourth-order valence-corrected chi connectivity index (χ4v) is 1.01. The molecule has 6 heteroatoms. The SMILES string of the molecule is COc1ccc(C)c(F)c1OB(O)O. The van der Waals surface area contributed by atoms with Gasteiger partial charge >= 0.3 is 7.32 Å². The van der Waals surface area contributed by atoms with E-state index in [1.807, 2.05) is 0 Å². The molecule has 0 aliphatic carbocycles. The van der Waals surface area contributed by atoms with Crippen molar-refractivity contribution in [2.45, 2.75) is 6.92 Å². The van der Waals surface area contributed by atoms with Gasteiger partial charge < -0.3 is 19.4 Å². The normalized spacial score (nSPS) is 9.79. The molecule has 0 amide bonds. The molecule has 76 valence electrons. The Balaban J connectivity index is 3.14. The van der Waals surface area contributed by atoms with E-state index >= 15 is 0 Å². The summed E-state index contributed by atoms with van der Waals surface area (Å²) in [4.78, 5) is 0. The van der Waals surface area contributed by atoms with Crippen molar-refractivity contribution < 1.29 is 23.8 Å². The van der Waals surface area contributed by atoms with Crippen molar-refractivity contribution in [2.24, 2.45) is 0 Å². The molecule has 0 heterocycles. The quantitative estimate of drug-likeness (QED) is 0.697. The second kappa shape index (κ2) is 4.30. The van der Waals surface area contributed by atoms with Gasteiger partial charge in [0.15, 0.2) is 17.3 Å². The zero-order valence-corrected chi connectivity index (χ0v) is 7.82. The standard InChI is InChI=1S/C8H10BFO4/c1-5-3-4-6(13-2)8(7(5)10)14-9(11)12/h3-4,11-12H,1-2H3. The van der Waals surface area contributed by atoms with E-state index in [4.69, 9.17) is 14.8 Å². The zero-order chi connectivity index (χ0) is 10.7. The van der Waals surface area contributed by atoms with Gasteiger partial charge in [-0.05, 0) is 18.6 Å². The Hall–Kier alpha value is -1.27. The van der Waals surface area contributed by atoms with E-state index in [2.05, 4.69) is 4.65 Å². The molecule has 0 aliphatic rings. The Labute approximate surface area is 81.1 Å². The van der Waals surface area contributed by atoms with Crippen molar-refractivity contribution in [1.29, 1.82) is 0 Å². The summed E-state index contributed by atoms with van der Waals surface area (Å²) in [6.07, 6.45) is 0. The maximum atomic E-state index is 13.4. The second-order valence-corrected chi connectivity index (χ2v) is 2.67. The summed E-state index contributed by atoms with van der Waals surface area (Å²) in [5.74, 6) is -0.860. The summed E-state index contributed by atoms with van der Waals surface area (Å²) < 4.78 is 22.6. The van der Waals surface area contributed by atoms with E-state index in [9.17, 15) is 4.39 Å². The Morgan fingerprint density at radius 1 is 1.36 bits per heavy atom. The minimum atomic E-state index is -2.07. The highest BCUT2D eigenvalue weighted by molar-refractivity contribution is 6.33. The lowest BCUT2D eigenvalue weighted by Gasteiger charge is -2.11. The van der Waals surface area contributed by atoms with Gasteiger partial charge in [-0.25, -0.2) is 4.39 Å². The smallest absolute Gasteiger partial charge is 0.507 e. The summed E-state index contributed by atoms with van der Waals surface area (Å²) in [5, 5.41) is 17.1. The van der Waals surface area contributed by atoms with E-state index in [1.165, 1.54) is 26.2 Å². The predicted octanol–water partition coefficient (Wildman–Crippen LogP) is 0.491.